The van der Waals surface area contributed by atoms with Crippen molar-refractivity contribution < 1.29 is 4.74 Å². The van der Waals surface area contributed by atoms with Crippen molar-refractivity contribution in [2.75, 3.05) is 20.3 Å². The summed E-state index contributed by atoms with van der Waals surface area (Å²) in [5.74, 6) is 2.72. The van der Waals surface area contributed by atoms with Gasteiger partial charge in [0.05, 0.1) is 13.2 Å². The number of tetrazole rings is 1. The largest absolute Gasteiger partial charge is 0.383 e. The van der Waals surface area contributed by atoms with Crippen molar-refractivity contribution in [3.8, 4) is 0 Å². The molecule has 0 aromatic carbocycles. The van der Waals surface area contributed by atoms with Gasteiger partial charge in [-0.1, -0.05) is 27.7 Å². The zero-order chi connectivity index (χ0) is 14.3. The van der Waals surface area contributed by atoms with Crippen LogP contribution in [0.25, 0.3) is 0 Å². The predicted molar refractivity (Wildman–Crippen MR) is 74.6 cm³/mol. The van der Waals surface area contributed by atoms with Crippen molar-refractivity contribution >= 4 is 0 Å². The van der Waals surface area contributed by atoms with Gasteiger partial charge in [0.25, 0.3) is 0 Å². The smallest absolute Gasteiger partial charge is 0.165 e. The van der Waals surface area contributed by atoms with Gasteiger partial charge in [0, 0.05) is 20.2 Å². The summed E-state index contributed by atoms with van der Waals surface area (Å²) < 4.78 is 6.92. The Labute approximate surface area is 115 Å². The number of nitrogens with zero attached hydrogens (tertiary/aromatic N) is 4. The third-order valence-corrected chi connectivity index (χ3v) is 3.47. The molecule has 0 bridgehead atoms. The maximum Gasteiger partial charge on any atom is 0.165 e. The SMILES string of the molecule is COCCNCc1nnnn1CC(C(C)C)C(C)C. The topological polar surface area (TPSA) is 64.9 Å². The van der Waals surface area contributed by atoms with Crippen LogP contribution >= 0.6 is 0 Å². The van der Waals surface area contributed by atoms with Crippen molar-refractivity contribution in [1.29, 1.82) is 0 Å². The predicted octanol–water partition coefficient (Wildman–Crippen LogP) is 1.34. The fourth-order valence-corrected chi connectivity index (χ4v) is 2.26. The fraction of sp³-hybridized carbons (Fsp3) is 0.923. The molecule has 0 aliphatic heterocycles. The first-order chi connectivity index (χ1) is 9.06. The van der Waals surface area contributed by atoms with Gasteiger partial charge in [-0.3, -0.25) is 0 Å². The van der Waals surface area contributed by atoms with Gasteiger partial charge in [-0.05, 0) is 28.2 Å². The normalized spacial score (nSPS) is 12.0. The molecule has 0 unspecified atom stereocenters. The highest BCUT2D eigenvalue weighted by molar-refractivity contribution is 4.81. The molecule has 110 valence electrons. The van der Waals surface area contributed by atoms with Gasteiger partial charge in [0.1, 0.15) is 0 Å². The van der Waals surface area contributed by atoms with Crippen LogP contribution in [0, 0.1) is 17.8 Å². The molecule has 0 fully saturated rings. The van der Waals surface area contributed by atoms with Gasteiger partial charge in [-0.15, -0.1) is 5.10 Å². The van der Waals surface area contributed by atoms with Crippen LogP contribution in [0.2, 0.25) is 0 Å². The molecule has 19 heavy (non-hydrogen) atoms. The van der Waals surface area contributed by atoms with Gasteiger partial charge in [0.15, 0.2) is 5.82 Å². The molecular formula is C13H27N5O. The molecule has 0 radical (unpaired) electrons. The Morgan fingerprint density at radius 2 is 1.89 bits per heavy atom. The number of aromatic nitrogens is 4. The number of hydrogen-bond donors (Lipinski definition) is 1. The molecule has 0 atom stereocenters. The van der Waals surface area contributed by atoms with Gasteiger partial charge in [0.2, 0.25) is 0 Å². The Bertz CT molecular complexity index is 343. The fourth-order valence-electron chi connectivity index (χ4n) is 2.26. The van der Waals surface area contributed by atoms with Gasteiger partial charge in [-0.25, -0.2) is 4.68 Å². The third kappa shape index (κ3) is 5.24. The van der Waals surface area contributed by atoms with E-state index in [0.717, 1.165) is 18.9 Å². The highest BCUT2D eigenvalue weighted by atomic mass is 16.5. The van der Waals surface area contributed by atoms with Crippen molar-refractivity contribution in [3.05, 3.63) is 5.82 Å². The lowest BCUT2D eigenvalue weighted by molar-refractivity contribution is 0.198. The molecule has 1 heterocycles. The summed E-state index contributed by atoms with van der Waals surface area (Å²) >= 11 is 0. The van der Waals surface area contributed by atoms with Gasteiger partial charge >= 0.3 is 0 Å². The van der Waals surface area contributed by atoms with E-state index in [-0.39, 0.29) is 0 Å². The maximum atomic E-state index is 5.00. The zero-order valence-corrected chi connectivity index (χ0v) is 12.8. The molecule has 0 amide bonds. The van der Waals surface area contributed by atoms with E-state index in [0.29, 0.717) is 30.9 Å². The highest BCUT2D eigenvalue weighted by Crippen LogP contribution is 2.22. The van der Waals surface area contributed by atoms with Crippen LogP contribution in [-0.2, 0) is 17.8 Å². The number of hydrogen-bond acceptors (Lipinski definition) is 5. The Kier molecular flexibility index (Phi) is 6.94. The van der Waals surface area contributed by atoms with E-state index in [4.69, 9.17) is 4.74 Å². The Morgan fingerprint density at radius 3 is 2.47 bits per heavy atom. The highest BCUT2D eigenvalue weighted by Gasteiger charge is 2.20. The quantitative estimate of drug-likeness (QED) is 0.685. The Hall–Kier alpha value is -1.01. The molecule has 1 aromatic heterocycles. The average Bonchev–Trinajstić information content (AvgIpc) is 2.78. The lowest BCUT2D eigenvalue weighted by Crippen LogP contribution is -2.26. The molecule has 1 N–H and O–H groups in total. The van der Waals surface area contributed by atoms with Crippen LogP contribution in [0.5, 0.6) is 0 Å². The second-order valence-electron chi connectivity index (χ2n) is 5.60. The molecule has 0 spiro atoms. The van der Waals surface area contributed by atoms with E-state index in [9.17, 15) is 0 Å². The molecule has 6 nitrogen and oxygen atoms in total. The molecule has 0 aliphatic carbocycles. The minimum atomic E-state index is 0.584. The van der Waals surface area contributed by atoms with E-state index in [1.807, 2.05) is 4.68 Å². The Balaban J connectivity index is 2.56. The van der Waals surface area contributed by atoms with Gasteiger partial charge in [-0.2, -0.15) is 0 Å². The summed E-state index contributed by atoms with van der Waals surface area (Å²) in [6.07, 6.45) is 0. The van der Waals surface area contributed by atoms with Crippen molar-refractivity contribution in [2.24, 2.45) is 17.8 Å². The van der Waals surface area contributed by atoms with Crippen molar-refractivity contribution in [1.82, 2.24) is 25.5 Å². The van der Waals surface area contributed by atoms with Crippen LogP contribution < -0.4 is 5.32 Å². The maximum absolute atomic E-state index is 5.00. The summed E-state index contributed by atoms with van der Waals surface area (Å²) in [6.45, 7) is 12.1. The molecule has 1 rings (SSSR count). The number of ether oxygens (including phenoxy) is 1. The molecule has 1 aromatic rings. The van der Waals surface area contributed by atoms with E-state index in [1.54, 1.807) is 7.11 Å². The minimum absolute atomic E-state index is 0.584. The summed E-state index contributed by atoms with van der Waals surface area (Å²) in [5.41, 5.74) is 0. The second kappa shape index (κ2) is 8.22. The lowest BCUT2D eigenvalue weighted by atomic mass is 9.85. The first kappa shape index (κ1) is 16.0. The van der Waals surface area contributed by atoms with E-state index >= 15 is 0 Å². The first-order valence-electron chi connectivity index (χ1n) is 7.01. The van der Waals surface area contributed by atoms with Crippen LogP contribution in [0.15, 0.2) is 0 Å². The average molecular weight is 269 g/mol. The molecule has 6 heteroatoms. The summed E-state index contributed by atoms with van der Waals surface area (Å²) in [6, 6.07) is 0. The number of nitrogens with one attached hydrogen (secondary N) is 1. The lowest BCUT2D eigenvalue weighted by Gasteiger charge is -2.24. The summed E-state index contributed by atoms with van der Waals surface area (Å²) in [4.78, 5) is 0. The third-order valence-electron chi connectivity index (χ3n) is 3.47. The first-order valence-corrected chi connectivity index (χ1v) is 7.01. The van der Waals surface area contributed by atoms with Crippen LogP contribution in [0.4, 0.5) is 0 Å². The van der Waals surface area contributed by atoms with Crippen LogP contribution in [0.3, 0.4) is 0 Å². The second-order valence-corrected chi connectivity index (χ2v) is 5.60. The molecule has 0 aliphatic rings. The molecule has 0 saturated heterocycles. The zero-order valence-electron chi connectivity index (χ0n) is 12.8. The summed E-state index contributed by atoms with van der Waals surface area (Å²) in [7, 11) is 1.70. The van der Waals surface area contributed by atoms with Crippen molar-refractivity contribution in [3.63, 3.8) is 0 Å². The van der Waals surface area contributed by atoms with Crippen molar-refractivity contribution in [2.45, 2.75) is 40.8 Å². The van der Waals surface area contributed by atoms with E-state index in [2.05, 4.69) is 48.5 Å². The number of rotatable bonds is 9. The standard InChI is InChI=1S/C13H27N5O/c1-10(2)12(11(3)4)9-18-13(15-16-17-18)8-14-6-7-19-5/h10-12,14H,6-9H2,1-5H3. The molecular weight excluding hydrogens is 242 g/mol. The van der Waals surface area contributed by atoms with Crippen LogP contribution in [-0.4, -0.2) is 40.5 Å². The Morgan fingerprint density at radius 1 is 1.21 bits per heavy atom. The monoisotopic (exact) mass is 269 g/mol. The van der Waals surface area contributed by atoms with E-state index < -0.39 is 0 Å². The van der Waals surface area contributed by atoms with Crippen LogP contribution in [0.1, 0.15) is 33.5 Å². The van der Waals surface area contributed by atoms with Gasteiger partial charge < -0.3 is 10.1 Å². The minimum Gasteiger partial charge on any atom is -0.383 e. The molecule has 0 saturated carbocycles. The van der Waals surface area contributed by atoms with E-state index in [1.165, 1.54) is 0 Å². The summed E-state index contributed by atoms with van der Waals surface area (Å²) in [5, 5.41) is 15.2. The number of methoxy groups -OCH3 is 1.